The third-order valence-corrected chi connectivity index (χ3v) is 4.98. The van der Waals surface area contributed by atoms with Crippen molar-refractivity contribution in [2.75, 3.05) is 13.1 Å². The Bertz CT molecular complexity index is 890. The van der Waals surface area contributed by atoms with E-state index in [0.29, 0.717) is 11.4 Å². The molecule has 1 N–H and O–H groups in total. The Morgan fingerprint density at radius 2 is 2.25 bits per heavy atom. The lowest BCUT2D eigenvalue weighted by molar-refractivity contribution is 0.0779. The molecule has 0 bridgehead atoms. The van der Waals surface area contributed by atoms with Gasteiger partial charge in [0.2, 0.25) is 0 Å². The number of carbonyl (C=O) groups is 1. The van der Waals surface area contributed by atoms with Crippen LogP contribution in [0.5, 0.6) is 0 Å². The van der Waals surface area contributed by atoms with Crippen LogP contribution in [0.2, 0.25) is 0 Å². The van der Waals surface area contributed by atoms with Gasteiger partial charge in [-0.3, -0.25) is 4.79 Å². The highest BCUT2D eigenvalue weighted by atomic mass is 32.1. The summed E-state index contributed by atoms with van der Waals surface area (Å²) in [4.78, 5) is 23.4. The summed E-state index contributed by atoms with van der Waals surface area (Å²) in [5, 5.41) is 10.00. The Balaban J connectivity index is 1.88. The van der Waals surface area contributed by atoms with Gasteiger partial charge in [0.15, 0.2) is 0 Å². The van der Waals surface area contributed by atoms with Crippen molar-refractivity contribution in [3.8, 4) is 16.5 Å². The molecule has 3 heterocycles. The van der Waals surface area contributed by atoms with Crippen LogP contribution in [0.4, 0.5) is 0 Å². The molecular weight excluding hydrogens is 320 g/mol. The third kappa shape index (κ3) is 3.17. The zero-order valence-corrected chi connectivity index (χ0v) is 14.3. The molecule has 0 aliphatic carbocycles. The van der Waals surface area contributed by atoms with Crippen LogP contribution in [-0.4, -0.2) is 33.9 Å². The number of pyridine rings is 1. The van der Waals surface area contributed by atoms with Gasteiger partial charge in [0.05, 0.1) is 10.9 Å². The fourth-order valence-electron chi connectivity index (χ4n) is 2.62. The first-order valence-electron chi connectivity index (χ1n) is 7.93. The lowest BCUT2D eigenvalue weighted by Crippen LogP contribution is -2.31. The first-order valence-corrected chi connectivity index (χ1v) is 8.74. The maximum atomic E-state index is 12.7. The van der Waals surface area contributed by atoms with E-state index >= 15 is 0 Å². The summed E-state index contributed by atoms with van der Waals surface area (Å²) in [6, 6.07) is 9.84. The molecule has 0 saturated heterocycles. The average molecular weight is 338 g/mol. The van der Waals surface area contributed by atoms with E-state index in [0.717, 1.165) is 34.3 Å². The molecule has 24 heavy (non-hydrogen) atoms. The van der Waals surface area contributed by atoms with Gasteiger partial charge >= 0.3 is 0 Å². The summed E-state index contributed by atoms with van der Waals surface area (Å²) >= 11 is 1.46. The first-order chi connectivity index (χ1) is 11.7. The summed E-state index contributed by atoms with van der Waals surface area (Å²) in [5.41, 5.74) is 1.90. The highest BCUT2D eigenvalue weighted by molar-refractivity contribution is 7.17. The molecule has 0 radical (unpaired) electrons. The predicted octanol–water partition coefficient (Wildman–Crippen LogP) is 4.06. The molecule has 5 nitrogen and oxygen atoms in total. The number of nitriles is 1. The van der Waals surface area contributed by atoms with Gasteiger partial charge in [0.25, 0.3) is 5.91 Å². The number of aromatic amines is 1. The van der Waals surface area contributed by atoms with Crippen molar-refractivity contribution < 1.29 is 4.79 Å². The summed E-state index contributed by atoms with van der Waals surface area (Å²) < 4.78 is 0. The molecule has 6 heteroatoms. The topological polar surface area (TPSA) is 72.8 Å². The number of hydrogen-bond donors (Lipinski definition) is 1. The molecule has 3 aromatic heterocycles. The number of nitrogens with one attached hydrogen (secondary N) is 1. The van der Waals surface area contributed by atoms with E-state index in [2.05, 4.69) is 23.0 Å². The molecule has 0 aromatic carbocycles. The fraction of sp³-hybridized carbons (Fsp3) is 0.278. The minimum atomic E-state index is -0.0689. The van der Waals surface area contributed by atoms with Crippen molar-refractivity contribution in [2.24, 2.45) is 0 Å². The Kier molecular flexibility index (Phi) is 4.92. The monoisotopic (exact) mass is 338 g/mol. The number of unbranched alkanes of at least 4 members (excludes halogenated alkanes) is 1. The van der Waals surface area contributed by atoms with Crippen molar-refractivity contribution >= 4 is 28.3 Å². The van der Waals surface area contributed by atoms with Crippen LogP contribution in [0, 0.1) is 11.3 Å². The molecule has 0 atom stereocenters. The second kappa shape index (κ2) is 7.28. The zero-order valence-electron chi connectivity index (χ0n) is 13.5. The first kappa shape index (κ1) is 16.2. The molecular formula is C18H18N4OS. The van der Waals surface area contributed by atoms with Gasteiger partial charge in [-0.25, -0.2) is 4.98 Å². The number of aromatic nitrogens is 2. The molecule has 0 unspecified atom stereocenters. The molecule has 122 valence electrons. The predicted molar refractivity (Wildman–Crippen MR) is 95.8 cm³/mol. The third-order valence-electron chi connectivity index (χ3n) is 3.87. The lowest BCUT2D eigenvalue weighted by Gasteiger charge is -2.18. The van der Waals surface area contributed by atoms with Crippen molar-refractivity contribution in [2.45, 2.75) is 19.8 Å². The van der Waals surface area contributed by atoms with Gasteiger partial charge < -0.3 is 9.88 Å². The second-order valence-corrected chi connectivity index (χ2v) is 6.58. The molecule has 3 rings (SSSR count). The number of fused-ring (bicyclic) bond motifs is 1. The minimum absolute atomic E-state index is 0.0689. The van der Waals surface area contributed by atoms with E-state index in [-0.39, 0.29) is 12.5 Å². The fourth-order valence-corrected chi connectivity index (χ4v) is 3.63. The van der Waals surface area contributed by atoms with E-state index in [1.54, 1.807) is 11.1 Å². The Labute approximate surface area is 144 Å². The van der Waals surface area contributed by atoms with Crippen LogP contribution >= 0.6 is 11.3 Å². The maximum absolute atomic E-state index is 12.7. The number of carbonyl (C=O) groups excluding carboxylic acids is 1. The van der Waals surface area contributed by atoms with Crippen LogP contribution in [-0.2, 0) is 0 Å². The molecule has 0 saturated carbocycles. The van der Waals surface area contributed by atoms with E-state index < -0.39 is 0 Å². The molecule has 0 fully saturated rings. The zero-order chi connectivity index (χ0) is 16.9. The number of hydrogen-bond acceptors (Lipinski definition) is 4. The normalized spacial score (nSPS) is 10.7. The number of rotatable bonds is 6. The quantitative estimate of drug-likeness (QED) is 0.689. The van der Waals surface area contributed by atoms with Crippen molar-refractivity contribution in [1.82, 2.24) is 14.9 Å². The molecule has 0 spiro atoms. The Morgan fingerprint density at radius 3 is 3.04 bits per heavy atom. The van der Waals surface area contributed by atoms with Gasteiger partial charge in [0, 0.05) is 34.8 Å². The Hall–Kier alpha value is -2.65. The summed E-state index contributed by atoms with van der Waals surface area (Å²) in [6.07, 6.45) is 5.52. The van der Waals surface area contributed by atoms with Crippen LogP contribution in [0.15, 0.2) is 36.7 Å². The smallest absolute Gasteiger partial charge is 0.264 e. The number of thiophene rings is 1. The molecule has 1 amide bonds. The molecule has 0 aliphatic heterocycles. The number of amides is 1. The Morgan fingerprint density at radius 1 is 1.38 bits per heavy atom. The number of nitrogens with zero attached hydrogens (tertiary/aromatic N) is 3. The van der Waals surface area contributed by atoms with E-state index in [1.807, 2.05) is 30.5 Å². The highest BCUT2D eigenvalue weighted by Crippen LogP contribution is 2.33. The van der Waals surface area contributed by atoms with Gasteiger partial charge in [0.1, 0.15) is 12.2 Å². The van der Waals surface area contributed by atoms with E-state index in [1.165, 1.54) is 11.3 Å². The average Bonchev–Trinajstić information content (AvgIpc) is 3.26. The van der Waals surface area contributed by atoms with Crippen LogP contribution in [0.3, 0.4) is 0 Å². The minimum Gasteiger partial charge on any atom is -0.346 e. The largest absolute Gasteiger partial charge is 0.346 e. The van der Waals surface area contributed by atoms with Crippen LogP contribution in [0.25, 0.3) is 21.5 Å². The van der Waals surface area contributed by atoms with Crippen LogP contribution in [0.1, 0.15) is 29.4 Å². The van der Waals surface area contributed by atoms with Crippen molar-refractivity contribution in [3.05, 3.63) is 41.5 Å². The van der Waals surface area contributed by atoms with Gasteiger partial charge in [-0.05, 0) is 30.7 Å². The second-order valence-electron chi connectivity index (χ2n) is 5.50. The maximum Gasteiger partial charge on any atom is 0.264 e. The van der Waals surface area contributed by atoms with Gasteiger partial charge in [-0.15, -0.1) is 11.3 Å². The van der Waals surface area contributed by atoms with Crippen molar-refractivity contribution in [3.63, 3.8) is 0 Å². The van der Waals surface area contributed by atoms with Crippen molar-refractivity contribution in [1.29, 1.82) is 5.26 Å². The standard InChI is InChI=1S/C18H18N4OS/c1-2-3-11-22(12-8-19)18(23)16-5-4-15(24-16)13-6-9-20-17-14(13)7-10-21-17/h4-7,9-10H,2-3,11-12H2,1H3,(H,20,21). The number of H-pyrrole nitrogens is 1. The lowest BCUT2D eigenvalue weighted by atomic mass is 10.1. The SMILES string of the molecule is CCCCN(CC#N)C(=O)c1ccc(-c2ccnc3[nH]ccc23)s1. The van der Waals surface area contributed by atoms with Crippen LogP contribution < -0.4 is 0 Å². The van der Waals surface area contributed by atoms with Gasteiger partial charge in [-0.1, -0.05) is 13.3 Å². The van der Waals surface area contributed by atoms with Gasteiger partial charge in [-0.2, -0.15) is 5.26 Å². The summed E-state index contributed by atoms with van der Waals surface area (Å²) in [6.45, 7) is 2.82. The summed E-state index contributed by atoms with van der Waals surface area (Å²) in [7, 11) is 0. The van der Waals surface area contributed by atoms with E-state index in [4.69, 9.17) is 5.26 Å². The molecule has 3 aromatic rings. The molecule has 0 aliphatic rings. The van der Waals surface area contributed by atoms with E-state index in [9.17, 15) is 4.79 Å². The highest BCUT2D eigenvalue weighted by Gasteiger charge is 2.18. The summed E-state index contributed by atoms with van der Waals surface area (Å²) in [5.74, 6) is -0.0689.